The summed E-state index contributed by atoms with van der Waals surface area (Å²) >= 11 is 4.36. The first-order chi connectivity index (χ1) is 12.3. The molecule has 1 aliphatic rings. The van der Waals surface area contributed by atoms with Crippen molar-refractivity contribution in [1.29, 1.82) is 0 Å². The molecule has 3 rings (SSSR count). The zero-order valence-corrected chi connectivity index (χ0v) is 16.6. The molecule has 5 nitrogen and oxygen atoms in total. The third kappa shape index (κ3) is 4.13. The Morgan fingerprint density at radius 2 is 2.00 bits per heavy atom. The Morgan fingerprint density at radius 3 is 2.65 bits per heavy atom. The number of hydrogen-bond donors (Lipinski definition) is 1. The van der Waals surface area contributed by atoms with Crippen LogP contribution in [-0.4, -0.2) is 31.7 Å². The van der Waals surface area contributed by atoms with Crippen LogP contribution in [0.3, 0.4) is 0 Å². The molecule has 0 unspecified atom stereocenters. The fourth-order valence-corrected chi connectivity index (χ4v) is 6.44. The molecule has 0 saturated carbocycles. The van der Waals surface area contributed by atoms with Crippen LogP contribution in [0.4, 0.5) is 14.5 Å². The first kappa shape index (κ1) is 19.4. The van der Waals surface area contributed by atoms with Crippen molar-refractivity contribution in [3.63, 3.8) is 0 Å². The number of sulfonamides is 1. The minimum absolute atomic E-state index is 0.0490. The van der Waals surface area contributed by atoms with Gasteiger partial charge in [-0.2, -0.15) is 4.31 Å². The van der Waals surface area contributed by atoms with Crippen LogP contribution in [0, 0.1) is 17.6 Å². The van der Waals surface area contributed by atoms with Crippen LogP contribution < -0.4 is 5.32 Å². The molecule has 1 atom stereocenters. The summed E-state index contributed by atoms with van der Waals surface area (Å²) in [5, 5.41) is 2.52. The van der Waals surface area contributed by atoms with Crippen LogP contribution in [0.1, 0.15) is 12.8 Å². The number of benzene rings is 1. The molecule has 1 aromatic carbocycles. The van der Waals surface area contributed by atoms with E-state index in [-0.39, 0.29) is 16.4 Å². The minimum Gasteiger partial charge on any atom is -0.326 e. The predicted molar refractivity (Wildman–Crippen MR) is 98.5 cm³/mol. The normalized spacial score (nSPS) is 18.7. The van der Waals surface area contributed by atoms with Crippen molar-refractivity contribution < 1.29 is 22.0 Å². The zero-order valence-electron chi connectivity index (χ0n) is 13.4. The lowest BCUT2D eigenvalue weighted by Gasteiger charge is -2.30. The SMILES string of the molecule is O=C(Nc1ccc(F)c(F)c1)[C@H]1CCCN(S(=O)(=O)c2ccc(Br)s2)C1. The molecule has 1 saturated heterocycles. The van der Waals surface area contributed by atoms with Crippen molar-refractivity contribution in [2.75, 3.05) is 18.4 Å². The number of halogens is 3. The Bertz CT molecular complexity index is 933. The zero-order chi connectivity index (χ0) is 18.9. The van der Waals surface area contributed by atoms with E-state index in [9.17, 15) is 22.0 Å². The summed E-state index contributed by atoms with van der Waals surface area (Å²) in [7, 11) is -3.66. The number of anilines is 1. The third-order valence-corrected chi connectivity index (χ3v) is 8.04. The van der Waals surface area contributed by atoms with E-state index in [1.807, 2.05) is 0 Å². The molecule has 26 heavy (non-hydrogen) atoms. The minimum atomic E-state index is -3.66. The lowest BCUT2D eigenvalue weighted by molar-refractivity contribution is -0.120. The molecule has 0 radical (unpaired) electrons. The smallest absolute Gasteiger partial charge is 0.252 e. The average molecular weight is 465 g/mol. The highest BCUT2D eigenvalue weighted by molar-refractivity contribution is 9.11. The second kappa shape index (κ2) is 7.71. The molecule has 1 aromatic heterocycles. The molecule has 10 heteroatoms. The van der Waals surface area contributed by atoms with Gasteiger partial charge in [-0.05, 0) is 53.0 Å². The molecule has 0 spiro atoms. The number of carbonyl (C=O) groups excluding carboxylic acids is 1. The Morgan fingerprint density at radius 1 is 1.23 bits per heavy atom. The molecule has 2 aromatic rings. The first-order valence-electron chi connectivity index (χ1n) is 7.79. The summed E-state index contributed by atoms with van der Waals surface area (Å²) in [6.07, 6.45) is 1.07. The van der Waals surface area contributed by atoms with Crippen molar-refractivity contribution in [3.8, 4) is 0 Å². The van der Waals surface area contributed by atoms with Crippen LogP contribution >= 0.6 is 27.3 Å². The van der Waals surface area contributed by atoms with Crippen molar-refractivity contribution in [3.05, 3.63) is 45.8 Å². The van der Waals surface area contributed by atoms with Crippen LogP contribution in [0.5, 0.6) is 0 Å². The molecule has 0 aliphatic carbocycles. The number of amides is 1. The van der Waals surface area contributed by atoms with E-state index >= 15 is 0 Å². The number of carbonyl (C=O) groups is 1. The second-order valence-electron chi connectivity index (χ2n) is 5.88. The number of thiophene rings is 1. The number of rotatable bonds is 4. The molecule has 1 N–H and O–H groups in total. The number of nitrogens with zero attached hydrogens (tertiary/aromatic N) is 1. The van der Waals surface area contributed by atoms with Gasteiger partial charge in [-0.25, -0.2) is 17.2 Å². The maximum atomic E-state index is 13.3. The number of piperidine rings is 1. The van der Waals surface area contributed by atoms with E-state index in [1.165, 1.54) is 16.4 Å². The second-order valence-corrected chi connectivity index (χ2v) is 10.5. The quantitative estimate of drug-likeness (QED) is 0.747. The fraction of sp³-hybridized carbons (Fsp3) is 0.312. The molecule has 0 bridgehead atoms. The van der Waals surface area contributed by atoms with Gasteiger partial charge in [0, 0.05) is 24.8 Å². The van der Waals surface area contributed by atoms with E-state index < -0.39 is 33.5 Å². The Hall–Kier alpha value is -1.36. The van der Waals surface area contributed by atoms with Crippen LogP contribution in [-0.2, 0) is 14.8 Å². The summed E-state index contributed by atoms with van der Waals surface area (Å²) in [6.45, 7) is 0.389. The van der Waals surface area contributed by atoms with E-state index in [4.69, 9.17) is 0 Å². The Balaban J connectivity index is 1.71. The molecule has 1 amide bonds. The largest absolute Gasteiger partial charge is 0.326 e. The van der Waals surface area contributed by atoms with E-state index in [2.05, 4.69) is 21.2 Å². The van der Waals surface area contributed by atoms with Gasteiger partial charge in [0.2, 0.25) is 5.91 Å². The van der Waals surface area contributed by atoms with Crippen LogP contribution in [0.15, 0.2) is 38.3 Å². The van der Waals surface area contributed by atoms with E-state index in [0.717, 1.165) is 23.5 Å². The molecule has 1 fully saturated rings. The standard InChI is InChI=1S/C16H15BrF2N2O3S2/c17-14-5-6-15(25-14)26(23,24)21-7-1-2-10(9-21)16(22)20-11-3-4-12(18)13(19)8-11/h3-6,8,10H,1-2,7,9H2,(H,20,22)/t10-/m0/s1. The van der Waals surface area contributed by atoms with Gasteiger partial charge < -0.3 is 5.32 Å². The van der Waals surface area contributed by atoms with E-state index in [1.54, 1.807) is 6.07 Å². The van der Waals surface area contributed by atoms with Gasteiger partial charge in [-0.1, -0.05) is 0 Å². The Labute approximate surface area is 162 Å². The highest BCUT2D eigenvalue weighted by Crippen LogP contribution is 2.31. The van der Waals surface area contributed by atoms with Gasteiger partial charge in [-0.15, -0.1) is 11.3 Å². The van der Waals surface area contributed by atoms with Crippen molar-refractivity contribution in [2.24, 2.45) is 5.92 Å². The predicted octanol–water partition coefficient (Wildman–Crippen LogP) is 3.83. The maximum absolute atomic E-state index is 13.3. The van der Waals surface area contributed by atoms with Gasteiger partial charge in [0.05, 0.1) is 9.70 Å². The highest BCUT2D eigenvalue weighted by Gasteiger charge is 2.34. The average Bonchev–Trinajstić information content (AvgIpc) is 3.05. The van der Waals surface area contributed by atoms with Crippen molar-refractivity contribution in [1.82, 2.24) is 4.31 Å². The van der Waals surface area contributed by atoms with Crippen LogP contribution in [0.25, 0.3) is 0 Å². The number of nitrogens with one attached hydrogen (secondary N) is 1. The van der Waals surface area contributed by atoms with Crippen molar-refractivity contribution >= 4 is 48.9 Å². The van der Waals surface area contributed by atoms with Crippen molar-refractivity contribution in [2.45, 2.75) is 17.1 Å². The summed E-state index contributed by atoms with van der Waals surface area (Å²) < 4.78 is 53.9. The Kier molecular flexibility index (Phi) is 5.75. The summed E-state index contributed by atoms with van der Waals surface area (Å²) in [6, 6.07) is 6.27. The third-order valence-electron chi connectivity index (χ3n) is 4.08. The molecular weight excluding hydrogens is 450 g/mol. The lowest BCUT2D eigenvalue weighted by Crippen LogP contribution is -2.43. The monoisotopic (exact) mass is 464 g/mol. The number of hydrogen-bond acceptors (Lipinski definition) is 4. The fourth-order valence-electron chi connectivity index (χ4n) is 2.76. The molecule has 1 aliphatic heterocycles. The van der Waals surface area contributed by atoms with Gasteiger partial charge in [-0.3, -0.25) is 4.79 Å². The highest BCUT2D eigenvalue weighted by atomic mass is 79.9. The van der Waals surface area contributed by atoms with Gasteiger partial charge >= 0.3 is 0 Å². The molecular formula is C16H15BrF2N2O3S2. The van der Waals surface area contributed by atoms with Gasteiger partial charge in [0.25, 0.3) is 10.0 Å². The lowest BCUT2D eigenvalue weighted by atomic mass is 9.98. The summed E-state index contributed by atoms with van der Waals surface area (Å²) in [5.74, 6) is -3.03. The van der Waals surface area contributed by atoms with E-state index in [0.29, 0.717) is 23.2 Å². The molecule has 2 heterocycles. The summed E-state index contributed by atoms with van der Waals surface area (Å²) in [5.41, 5.74) is 0.135. The molecule has 140 valence electrons. The summed E-state index contributed by atoms with van der Waals surface area (Å²) in [4.78, 5) is 12.4. The van der Waals surface area contributed by atoms with Gasteiger partial charge in [0.1, 0.15) is 4.21 Å². The maximum Gasteiger partial charge on any atom is 0.252 e. The first-order valence-corrected chi connectivity index (χ1v) is 10.8. The van der Waals surface area contributed by atoms with Gasteiger partial charge in [0.15, 0.2) is 11.6 Å². The van der Waals surface area contributed by atoms with Crippen LogP contribution in [0.2, 0.25) is 0 Å². The topological polar surface area (TPSA) is 66.5 Å².